The number of imidazole rings is 1. The van der Waals surface area contributed by atoms with Crippen LogP contribution in [0.1, 0.15) is 16.7 Å². The summed E-state index contributed by atoms with van der Waals surface area (Å²) in [6, 6.07) is 24.2. The first-order valence-electron chi connectivity index (χ1n) is 14.0. The number of hydrogen-bond donors (Lipinski definition) is 2. The summed E-state index contributed by atoms with van der Waals surface area (Å²) in [4.78, 5) is 52.2. The Morgan fingerprint density at radius 1 is 1.02 bits per heavy atom. The Hall–Kier alpha value is -4.96. The molecule has 2 N–H and O–H groups in total. The molecule has 214 valence electrons. The number of piperazine rings is 1. The Labute approximate surface area is 244 Å². The third kappa shape index (κ3) is 5.36. The first-order valence-corrected chi connectivity index (χ1v) is 14.0. The van der Waals surface area contributed by atoms with Crippen molar-refractivity contribution in [2.45, 2.75) is 31.7 Å². The fourth-order valence-electron chi connectivity index (χ4n) is 5.88. The summed E-state index contributed by atoms with van der Waals surface area (Å²) in [5, 5.41) is 6.28. The second-order valence-corrected chi connectivity index (χ2v) is 10.5. The first kappa shape index (κ1) is 27.2. The normalized spacial score (nSPS) is 18.8. The summed E-state index contributed by atoms with van der Waals surface area (Å²) < 4.78 is 0. The Morgan fingerprint density at radius 2 is 1.76 bits per heavy atom. The number of H-pyrrole nitrogens is 1. The van der Waals surface area contributed by atoms with Crippen LogP contribution in [0.2, 0.25) is 0 Å². The van der Waals surface area contributed by atoms with Gasteiger partial charge in [0.25, 0.3) is 0 Å². The van der Waals surface area contributed by atoms with E-state index in [-0.39, 0.29) is 37.5 Å². The van der Waals surface area contributed by atoms with Crippen molar-refractivity contribution in [1.29, 1.82) is 0 Å². The lowest BCUT2D eigenvalue weighted by Crippen LogP contribution is -2.66. The van der Waals surface area contributed by atoms with Crippen LogP contribution >= 0.6 is 0 Å². The predicted molar refractivity (Wildman–Crippen MR) is 158 cm³/mol. The van der Waals surface area contributed by atoms with Crippen molar-refractivity contribution in [3.05, 3.63) is 115 Å². The van der Waals surface area contributed by atoms with Crippen LogP contribution in [0.15, 0.2) is 97.8 Å². The summed E-state index contributed by atoms with van der Waals surface area (Å²) in [6.07, 6.45) is 3.14. The molecular weight excluding hydrogens is 530 g/mol. The van der Waals surface area contributed by atoms with Gasteiger partial charge in [0.15, 0.2) is 0 Å². The maximum absolute atomic E-state index is 14.1. The van der Waals surface area contributed by atoms with Crippen LogP contribution in [0.5, 0.6) is 0 Å². The quantitative estimate of drug-likeness (QED) is 0.304. The molecule has 0 radical (unpaired) electrons. The summed E-state index contributed by atoms with van der Waals surface area (Å²) >= 11 is 0. The molecule has 10 heteroatoms. The zero-order valence-electron chi connectivity index (χ0n) is 23.2. The second-order valence-electron chi connectivity index (χ2n) is 10.5. The first-order chi connectivity index (χ1) is 20.5. The highest BCUT2D eigenvalue weighted by atomic mass is 16.2. The molecular formula is C32H33N7O3. The van der Waals surface area contributed by atoms with Gasteiger partial charge in [-0.3, -0.25) is 14.6 Å². The molecule has 2 aliphatic heterocycles. The summed E-state index contributed by atoms with van der Waals surface area (Å²) in [6.45, 7) is 4.97. The molecule has 0 saturated carbocycles. The number of nitrogens with one attached hydrogen (secondary N) is 2. The number of carbonyl (C=O) groups is 3. The van der Waals surface area contributed by atoms with Gasteiger partial charge in [-0.25, -0.2) is 9.78 Å². The number of fused-ring (bicyclic) bond motifs is 2. The molecule has 42 heavy (non-hydrogen) atoms. The van der Waals surface area contributed by atoms with Gasteiger partial charge < -0.3 is 20.1 Å². The lowest BCUT2D eigenvalue weighted by molar-refractivity contribution is -0.157. The van der Waals surface area contributed by atoms with Gasteiger partial charge in [0.05, 0.1) is 37.0 Å². The maximum Gasteiger partial charge on any atom is 0.332 e. The molecule has 2 saturated heterocycles. The molecule has 3 aromatic carbocycles. The minimum absolute atomic E-state index is 0.0153. The number of aromatic amines is 1. The molecule has 2 fully saturated rings. The third-order valence-corrected chi connectivity index (χ3v) is 7.87. The molecule has 0 spiro atoms. The fraction of sp³-hybridized carbons (Fsp3) is 0.250. The highest BCUT2D eigenvalue weighted by molar-refractivity contribution is 5.92. The standard InChI is InChI=1S/C32H33N7O3/c1-2-16-37(32(42)33-18-24-12-7-4-8-13-24)38-21-29(40)39-27(17-23-10-5-3-6-11-23)31(41)36(20-28(38)39)19-25-14-9-15-26-30(25)35-22-34-26/h2-15,22,27-28H,1,16-21H2,(H,33,42)(H,34,35)/t27-,28+/m0/s1. The van der Waals surface area contributed by atoms with Crippen LogP contribution in [0.4, 0.5) is 4.79 Å². The smallest absolute Gasteiger partial charge is 0.332 e. The van der Waals surface area contributed by atoms with Crippen molar-refractivity contribution >= 4 is 28.9 Å². The molecule has 0 unspecified atom stereocenters. The number of hydrogen-bond acceptors (Lipinski definition) is 5. The van der Waals surface area contributed by atoms with E-state index < -0.39 is 12.2 Å². The topological polar surface area (TPSA) is 105 Å². The van der Waals surface area contributed by atoms with Crippen molar-refractivity contribution in [1.82, 2.24) is 35.1 Å². The van der Waals surface area contributed by atoms with Crippen LogP contribution in [0.3, 0.4) is 0 Å². The van der Waals surface area contributed by atoms with E-state index in [4.69, 9.17) is 0 Å². The SMILES string of the molecule is C=CCN(C(=O)NCc1ccccc1)N1CC(=O)N2[C@@H](Cc3ccccc3)C(=O)N(Cc3cccc4[nH]cnc34)C[C@@H]21. The van der Waals surface area contributed by atoms with Crippen molar-refractivity contribution in [3.63, 3.8) is 0 Å². The van der Waals surface area contributed by atoms with Crippen LogP contribution in [-0.4, -0.2) is 79.5 Å². The Balaban J connectivity index is 1.31. The van der Waals surface area contributed by atoms with Crippen molar-refractivity contribution in [2.75, 3.05) is 19.6 Å². The highest BCUT2D eigenvalue weighted by Gasteiger charge is 2.52. The molecule has 0 aliphatic carbocycles. The number of aromatic nitrogens is 2. The third-order valence-electron chi connectivity index (χ3n) is 7.87. The van der Waals surface area contributed by atoms with Gasteiger partial charge in [-0.2, -0.15) is 5.01 Å². The van der Waals surface area contributed by atoms with Gasteiger partial charge in [-0.1, -0.05) is 78.9 Å². The Morgan fingerprint density at radius 3 is 2.50 bits per heavy atom. The van der Waals surface area contributed by atoms with Crippen LogP contribution in [0.25, 0.3) is 11.0 Å². The summed E-state index contributed by atoms with van der Waals surface area (Å²) in [7, 11) is 0. The van der Waals surface area contributed by atoms with Crippen LogP contribution < -0.4 is 5.32 Å². The van der Waals surface area contributed by atoms with E-state index in [2.05, 4.69) is 21.9 Å². The average Bonchev–Trinajstić information content (AvgIpc) is 3.63. The minimum atomic E-state index is -0.708. The van der Waals surface area contributed by atoms with Crippen LogP contribution in [0, 0.1) is 0 Å². The number of para-hydroxylation sites is 1. The molecule has 2 aliphatic rings. The molecule has 1 aromatic heterocycles. The largest absolute Gasteiger partial charge is 0.345 e. The average molecular weight is 564 g/mol. The number of urea groups is 1. The molecule has 10 nitrogen and oxygen atoms in total. The molecule has 4 amide bonds. The lowest BCUT2D eigenvalue weighted by Gasteiger charge is -2.46. The number of carbonyl (C=O) groups excluding carboxylic acids is 3. The fourth-order valence-corrected chi connectivity index (χ4v) is 5.88. The highest BCUT2D eigenvalue weighted by Crippen LogP contribution is 2.31. The van der Waals surface area contributed by atoms with Gasteiger partial charge in [0.2, 0.25) is 11.8 Å². The van der Waals surface area contributed by atoms with Gasteiger partial charge in [-0.05, 0) is 22.8 Å². The van der Waals surface area contributed by atoms with Gasteiger partial charge in [0, 0.05) is 19.5 Å². The number of benzene rings is 3. The monoisotopic (exact) mass is 563 g/mol. The van der Waals surface area contributed by atoms with E-state index in [1.807, 2.05) is 78.9 Å². The summed E-state index contributed by atoms with van der Waals surface area (Å²) in [5.74, 6) is -0.310. The molecule has 2 atom stereocenters. The number of amides is 4. The summed E-state index contributed by atoms with van der Waals surface area (Å²) in [5.41, 5.74) is 4.53. The van der Waals surface area contributed by atoms with E-state index in [1.165, 1.54) is 5.01 Å². The maximum atomic E-state index is 14.1. The van der Waals surface area contributed by atoms with Gasteiger partial charge in [-0.15, -0.1) is 6.58 Å². The lowest BCUT2D eigenvalue weighted by atomic mass is 10.00. The minimum Gasteiger partial charge on any atom is -0.345 e. The second kappa shape index (κ2) is 11.9. The predicted octanol–water partition coefficient (Wildman–Crippen LogP) is 3.30. The number of hydrazine groups is 1. The molecule has 3 heterocycles. The number of nitrogens with zero attached hydrogens (tertiary/aromatic N) is 5. The Kier molecular flexibility index (Phi) is 7.70. The van der Waals surface area contributed by atoms with E-state index in [0.29, 0.717) is 19.5 Å². The zero-order valence-corrected chi connectivity index (χ0v) is 23.2. The zero-order chi connectivity index (χ0) is 29.1. The molecule has 6 rings (SSSR count). The van der Waals surface area contributed by atoms with E-state index in [1.54, 1.807) is 27.2 Å². The van der Waals surface area contributed by atoms with Crippen LogP contribution in [-0.2, 0) is 29.1 Å². The van der Waals surface area contributed by atoms with E-state index >= 15 is 0 Å². The van der Waals surface area contributed by atoms with Gasteiger partial charge in [0.1, 0.15) is 12.2 Å². The van der Waals surface area contributed by atoms with Crippen molar-refractivity contribution in [3.8, 4) is 0 Å². The molecule has 0 bridgehead atoms. The molecule has 4 aromatic rings. The van der Waals surface area contributed by atoms with E-state index in [9.17, 15) is 14.4 Å². The van der Waals surface area contributed by atoms with Crippen molar-refractivity contribution in [2.24, 2.45) is 0 Å². The van der Waals surface area contributed by atoms with Crippen molar-refractivity contribution < 1.29 is 14.4 Å². The Bertz CT molecular complexity index is 1590. The number of rotatable bonds is 9. The van der Waals surface area contributed by atoms with E-state index in [0.717, 1.165) is 27.7 Å². The van der Waals surface area contributed by atoms with Gasteiger partial charge >= 0.3 is 6.03 Å².